The van der Waals surface area contributed by atoms with E-state index in [1.165, 1.54) is 0 Å². The van der Waals surface area contributed by atoms with Crippen LogP contribution in [0.25, 0.3) is 0 Å². The third-order valence-corrected chi connectivity index (χ3v) is 14.6. The van der Waals surface area contributed by atoms with Crippen LogP contribution in [-0.2, 0) is 14.2 Å². The molecule has 4 saturated carbocycles. The normalized spacial score (nSPS) is 48.2. The number of amides is 1. The van der Waals surface area contributed by atoms with E-state index in [9.17, 15) is 20.1 Å². The summed E-state index contributed by atoms with van der Waals surface area (Å²) in [5.74, 6) is 1.39. The average molecular weight is 635 g/mol. The van der Waals surface area contributed by atoms with E-state index >= 15 is 0 Å². The Bertz CT molecular complexity index is 1110. The van der Waals surface area contributed by atoms with Crippen LogP contribution in [0, 0.1) is 45.8 Å². The number of nitrogens with zero attached hydrogens (tertiary/aromatic N) is 1. The lowest BCUT2D eigenvalue weighted by Crippen LogP contribution is -2.62. The van der Waals surface area contributed by atoms with Gasteiger partial charge in [-0.1, -0.05) is 47.5 Å². The molecule has 0 unspecified atom stereocenters. The molecule has 258 valence electrons. The van der Waals surface area contributed by atoms with Gasteiger partial charge in [-0.3, -0.25) is 0 Å². The first kappa shape index (κ1) is 33.9. The van der Waals surface area contributed by atoms with Gasteiger partial charge in [-0.15, -0.1) is 0 Å². The molecule has 5 N–H and O–H groups in total. The Morgan fingerprint density at radius 1 is 1.13 bits per heavy atom. The molecule has 45 heavy (non-hydrogen) atoms. The molecule has 6 fully saturated rings. The smallest absolute Gasteiger partial charge is 0.410 e. The highest BCUT2D eigenvalue weighted by Gasteiger charge is 2.84. The van der Waals surface area contributed by atoms with Gasteiger partial charge in [0.2, 0.25) is 0 Å². The number of aliphatic hydroxyl groups is 3. The Balaban J connectivity index is 1.27. The summed E-state index contributed by atoms with van der Waals surface area (Å²) in [6.45, 7) is 17.1. The second kappa shape index (κ2) is 11.6. The number of carbonyl (C=O) groups is 1. The van der Waals surface area contributed by atoms with E-state index in [0.717, 1.165) is 51.4 Å². The van der Waals surface area contributed by atoms with Gasteiger partial charge in [0, 0.05) is 24.0 Å². The largest absolute Gasteiger partial charge is 0.446 e. The number of hydrogen-bond donors (Lipinski definition) is 4. The van der Waals surface area contributed by atoms with Gasteiger partial charge in [0.1, 0.15) is 12.2 Å². The Hall–Kier alpha value is -0.970. The zero-order chi connectivity index (χ0) is 32.7. The number of fused-ring (bicyclic) bond motifs is 1. The Morgan fingerprint density at radius 2 is 1.80 bits per heavy atom. The van der Waals surface area contributed by atoms with Crippen molar-refractivity contribution in [1.29, 1.82) is 0 Å². The molecule has 13 atom stereocenters. The van der Waals surface area contributed by atoms with Crippen LogP contribution in [0.3, 0.4) is 0 Å². The third kappa shape index (κ3) is 4.95. The van der Waals surface area contributed by atoms with Crippen molar-refractivity contribution in [2.24, 2.45) is 51.6 Å². The van der Waals surface area contributed by atoms with Gasteiger partial charge in [0.05, 0.1) is 37.1 Å². The summed E-state index contributed by atoms with van der Waals surface area (Å²) < 4.78 is 18.3. The zero-order valence-electron chi connectivity index (χ0n) is 29.0. The highest BCUT2D eigenvalue weighted by atomic mass is 16.6. The fraction of sp³-hybridized carbons (Fsp3) is 0.972. The molecule has 4 aliphatic carbocycles. The summed E-state index contributed by atoms with van der Waals surface area (Å²) in [5.41, 5.74) is 5.48. The Kier molecular flexibility index (Phi) is 8.72. The number of nitrogens with two attached hydrogens (primary N) is 1. The molecule has 1 amide bonds. The number of aliphatic hydroxyl groups excluding tert-OH is 2. The molecule has 6 rings (SSSR count). The van der Waals surface area contributed by atoms with Crippen molar-refractivity contribution in [1.82, 2.24) is 4.90 Å². The van der Waals surface area contributed by atoms with Crippen LogP contribution in [0.1, 0.15) is 106 Å². The molecule has 2 heterocycles. The summed E-state index contributed by atoms with van der Waals surface area (Å²) in [6, 6.07) is 0. The molecule has 0 aromatic heterocycles. The van der Waals surface area contributed by atoms with Gasteiger partial charge in [-0.05, 0) is 99.2 Å². The second-order valence-corrected chi connectivity index (χ2v) is 17.3. The number of ether oxygens (including phenoxy) is 3. The van der Waals surface area contributed by atoms with Gasteiger partial charge in [-0.25, -0.2) is 4.79 Å². The van der Waals surface area contributed by atoms with Gasteiger partial charge in [0.25, 0.3) is 0 Å². The van der Waals surface area contributed by atoms with Crippen molar-refractivity contribution < 1.29 is 34.3 Å². The van der Waals surface area contributed by atoms with Crippen molar-refractivity contribution in [2.45, 2.75) is 148 Å². The van der Waals surface area contributed by atoms with Crippen LogP contribution in [0.5, 0.6) is 0 Å². The van der Waals surface area contributed by atoms with E-state index in [1.807, 2.05) is 0 Å². The summed E-state index contributed by atoms with van der Waals surface area (Å²) in [5, 5.41) is 33.7. The number of carbonyl (C=O) groups excluding carboxylic acids is 1. The summed E-state index contributed by atoms with van der Waals surface area (Å²) in [4.78, 5) is 15.0. The van der Waals surface area contributed by atoms with E-state index in [1.54, 1.807) is 18.7 Å². The number of rotatable bonds is 7. The molecule has 2 aliphatic heterocycles. The van der Waals surface area contributed by atoms with E-state index in [-0.39, 0.29) is 46.2 Å². The standard InChI is InChI=1S/C36H62N2O7/c1-8-9-13-34-22(3)35(34)14-12-27(45-31(41)38-15-17-43-18-16-38)32(4,5)25(35)10-11-26(34)36(37)20-23-21(2)19-24(29(39)33(6,7)42)44-28(23)30(36)40/h21-30,39-40,42H,8-20,37H2,1-7H3/t21-,22+,23+,24-,25+,26-,27+,28+,29+,30+,34+,35-,36+/m1/s1. The summed E-state index contributed by atoms with van der Waals surface area (Å²) in [6.07, 6.45) is 5.39. The molecule has 2 saturated heterocycles. The Labute approximate surface area is 270 Å². The molecular weight excluding hydrogens is 572 g/mol. The molecule has 9 heteroatoms. The van der Waals surface area contributed by atoms with Crippen molar-refractivity contribution in [3.05, 3.63) is 0 Å². The molecule has 0 aromatic rings. The minimum Gasteiger partial charge on any atom is -0.446 e. The second-order valence-electron chi connectivity index (χ2n) is 17.3. The summed E-state index contributed by atoms with van der Waals surface area (Å²) in [7, 11) is 0. The van der Waals surface area contributed by atoms with Gasteiger partial charge in [-0.2, -0.15) is 0 Å². The maximum Gasteiger partial charge on any atom is 0.410 e. The van der Waals surface area contributed by atoms with Crippen LogP contribution in [-0.4, -0.2) is 94.3 Å². The lowest BCUT2D eigenvalue weighted by atomic mass is 9.49. The Morgan fingerprint density at radius 3 is 2.44 bits per heavy atom. The highest BCUT2D eigenvalue weighted by molar-refractivity contribution is 5.68. The minimum atomic E-state index is -1.29. The maximum absolute atomic E-state index is 13.2. The van der Waals surface area contributed by atoms with Crippen LogP contribution < -0.4 is 5.73 Å². The van der Waals surface area contributed by atoms with E-state index in [0.29, 0.717) is 44.6 Å². The first-order chi connectivity index (χ1) is 21.1. The topological polar surface area (TPSA) is 135 Å². The van der Waals surface area contributed by atoms with Crippen molar-refractivity contribution in [3.8, 4) is 0 Å². The van der Waals surface area contributed by atoms with Crippen LogP contribution in [0.15, 0.2) is 0 Å². The molecule has 0 aromatic carbocycles. The lowest BCUT2D eigenvalue weighted by molar-refractivity contribution is -0.199. The van der Waals surface area contributed by atoms with Crippen molar-refractivity contribution in [3.63, 3.8) is 0 Å². The lowest BCUT2D eigenvalue weighted by Gasteiger charge is -2.57. The van der Waals surface area contributed by atoms with E-state index in [2.05, 4.69) is 34.6 Å². The van der Waals surface area contributed by atoms with E-state index < -0.39 is 35.6 Å². The number of morpholine rings is 1. The molecule has 1 spiro atoms. The predicted octanol–water partition coefficient (Wildman–Crippen LogP) is 4.49. The first-order valence-corrected chi connectivity index (χ1v) is 18.1. The number of unbranched alkanes of at least 4 members (excludes halogenated alkanes) is 1. The van der Waals surface area contributed by atoms with Gasteiger partial charge in [0.15, 0.2) is 0 Å². The van der Waals surface area contributed by atoms with Crippen molar-refractivity contribution >= 4 is 6.09 Å². The fourth-order valence-electron chi connectivity index (χ4n) is 12.3. The third-order valence-electron chi connectivity index (χ3n) is 14.6. The monoisotopic (exact) mass is 634 g/mol. The SMILES string of the molecule is CCCC[C@@]12[C@H](C)[C@@]13CC[C@H](OC(=O)N1CCOCC1)C(C)(C)[C@@H]3CC[C@H]2[C@@]1(N)C[C@@H]2[C@H](O[C@@H]([C@H](O)C(C)(C)O)C[C@H]2C)[C@@H]1O. The van der Waals surface area contributed by atoms with Crippen LogP contribution in [0.4, 0.5) is 4.79 Å². The fourth-order valence-corrected chi connectivity index (χ4v) is 12.3. The van der Waals surface area contributed by atoms with Crippen LogP contribution >= 0.6 is 0 Å². The van der Waals surface area contributed by atoms with Crippen molar-refractivity contribution in [2.75, 3.05) is 26.3 Å². The maximum atomic E-state index is 13.2. The number of hydrogen-bond acceptors (Lipinski definition) is 8. The molecule has 9 nitrogen and oxygen atoms in total. The zero-order valence-corrected chi connectivity index (χ0v) is 29.0. The molecule has 0 radical (unpaired) electrons. The van der Waals surface area contributed by atoms with Gasteiger partial charge >= 0.3 is 6.09 Å². The minimum absolute atomic E-state index is 0.0286. The first-order valence-electron chi connectivity index (χ1n) is 18.1. The highest BCUT2D eigenvalue weighted by Crippen LogP contribution is 2.87. The van der Waals surface area contributed by atoms with Gasteiger partial charge < -0.3 is 40.2 Å². The predicted molar refractivity (Wildman–Crippen MR) is 171 cm³/mol. The quantitative estimate of drug-likeness (QED) is 0.322. The average Bonchev–Trinajstić information content (AvgIpc) is 3.41. The molecular formula is C36H62N2O7. The summed E-state index contributed by atoms with van der Waals surface area (Å²) >= 11 is 0. The van der Waals surface area contributed by atoms with E-state index in [4.69, 9.17) is 19.9 Å². The molecule has 0 bridgehead atoms. The van der Waals surface area contributed by atoms with Crippen LogP contribution in [0.2, 0.25) is 0 Å². The molecule has 6 aliphatic rings.